The van der Waals surface area contributed by atoms with Crippen molar-refractivity contribution in [2.24, 2.45) is 0 Å². The van der Waals surface area contributed by atoms with Crippen molar-refractivity contribution >= 4 is 0 Å². The fourth-order valence-electron chi connectivity index (χ4n) is 1.86. The van der Waals surface area contributed by atoms with Crippen LogP contribution < -0.4 is 5.32 Å². The minimum absolute atomic E-state index is 0.478. The van der Waals surface area contributed by atoms with Crippen molar-refractivity contribution in [3.8, 4) is 0 Å². The Hall–Kier alpha value is -1.74. The summed E-state index contributed by atoms with van der Waals surface area (Å²) in [6.45, 7) is 0.811. The van der Waals surface area contributed by atoms with Gasteiger partial charge in [0.05, 0.1) is 0 Å². The first-order valence-electron chi connectivity index (χ1n) is 5.85. The Morgan fingerprint density at radius 1 is 0.944 bits per heavy atom. The Bertz CT molecular complexity index is 521. The second-order valence-electron chi connectivity index (χ2n) is 4.26. The zero-order valence-electron chi connectivity index (χ0n) is 10.2. The number of benzene rings is 2. The Labute approximate surface area is 105 Å². The van der Waals surface area contributed by atoms with Crippen LogP contribution in [0.4, 0.5) is 8.78 Å². The lowest BCUT2D eigenvalue weighted by Gasteiger charge is -2.05. The van der Waals surface area contributed by atoms with Crippen LogP contribution in [0.3, 0.4) is 0 Å². The maximum atomic E-state index is 13.5. The lowest BCUT2D eigenvalue weighted by molar-refractivity contribution is 0.574. The fraction of sp³-hybridized carbons (Fsp3) is 0.200. The lowest BCUT2D eigenvalue weighted by Crippen LogP contribution is -2.04. The molecule has 0 aromatic heterocycles. The monoisotopic (exact) mass is 247 g/mol. The third kappa shape index (κ3) is 3.14. The molecule has 18 heavy (non-hydrogen) atoms. The molecule has 2 aromatic rings. The quantitative estimate of drug-likeness (QED) is 0.874. The van der Waals surface area contributed by atoms with Crippen molar-refractivity contribution in [2.75, 3.05) is 7.05 Å². The molecule has 0 spiro atoms. The summed E-state index contributed by atoms with van der Waals surface area (Å²) in [4.78, 5) is 0. The van der Waals surface area contributed by atoms with Crippen molar-refractivity contribution in [1.82, 2.24) is 5.32 Å². The van der Waals surface area contributed by atoms with Crippen LogP contribution in [0.25, 0.3) is 0 Å². The van der Waals surface area contributed by atoms with Gasteiger partial charge in [-0.2, -0.15) is 0 Å². The second kappa shape index (κ2) is 5.74. The van der Waals surface area contributed by atoms with Gasteiger partial charge in [0.25, 0.3) is 0 Å². The van der Waals surface area contributed by atoms with Crippen LogP contribution in [-0.4, -0.2) is 7.05 Å². The molecule has 0 amide bonds. The molecule has 0 aliphatic rings. The molecule has 1 nitrogen and oxygen atoms in total. The zero-order chi connectivity index (χ0) is 13.0. The molecule has 0 unspecified atom stereocenters. The van der Waals surface area contributed by atoms with Crippen molar-refractivity contribution in [3.05, 3.63) is 70.8 Å². The van der Waals surface area contributed by atoms with Crippen LogP contribution in [0.1, 0.15) is 16.7 Å². The highest BCUT2D eigenvalue weighted by molar-refractivity contribution is 5.29. The van der Waals surface area contributed by atoms with Gasteiger partial charge in [-0.05, 0) is 29.8 Å². The smallest absolute Gasteiger partial charge is 0.129 e. The van der Waals surface area contributed by atoms with Gasteiger partial charge in [-0.15, -0.1) is 0 Å². The van der Waals surface area contributed by atoms with E-state index in [2.05, 4.69) is 5.32 Å². The Kier molecular flexibility index (Phi) is 4.05. The molecule has 0 radical (unpaired) electrons. The number of halogens is 2. The van der Waals surface area contributed by atoms with Crippen molar-refractivity contribution in [1.29, 1.82) is 0 Å². The van der Waals surface area contributed by atoms with E-state index in [1.54, 1.807) is 0 Å². The molecule has 94 valence electrons. The largest absolute Gasteiger partial charge is 0.316 e. The van der Waals surface area contributed by atoms with Gasteiger partial charge in [-0.25, -0.2) is 8.78 Å². The van der Waals surface area contributed by atoms with E-state index in [-0.39, 0.29) is 0 Å². The molecule has 0 atom stereocenters. The molecular formula is C15H15F2N. The van der Waals surface area contributed by atoms with E-state index in [9.17, 15) is 8.78 Å². The van der Waals surface area contributed by atoms with Gasteiger partial charge in [-0.1, -0.05) is 30.3 Å². The normalized spacial score (nSPS) is 10.6. The first-order valence-corrected chi connectivity index (χ1v) is 5.85. The van der Waals surface area contributed by atoms with Crippen LogP contribution >= 0.6 is 0 Å². The van der Waals surface area contributed by atoms with Crippen LogP contribution in [0.5, 0.6) is 0 Å². The van der Waals surface area contributed by atoms with Crippen molar-refractivity contribution < 1.29 is 8.78 Å². The average Bonchev–Trinajstić information content (AvgIpc) is 2.35. The van der Waals surface area contributed by atoms with Gasteiger partial charge in [0.2, 0.25) is 0 Å². The molecule has 2 aromatic carbocycles. The van der Waals surface area contributed by atoms with Crippen LogP contribution in [0.15, 0.2) is 42.5 Å². The van der Waals surface area contributed by atoms with Crippen LogP contribution in [0, 0.1) is 11.6 Å². The second-order valence-corrected chi connectivity index (χ2v) is 4.26. The Morgan fingerprint density at radius 3 is 2.22 bits per heavy atom. The maximum absolute atomic E-state index is 13.5. The summed E-state index contributed by atoms with van der Waals surface area (Å²) in [6, 6.07) is 11.6. The Morgan fingerprint density at radius 2 is 1.61 bits per heavy atom. The highest BCUT2D eigenvalue weighted by Gasteiger charge is 2.04. The minimum atomic E-state index is -0.541. The van der Waals surface area contributed by atoms with Gasteiger partial charge in [0.15, 0.2) is 0 Å². The summed E-state index contributed by atoms with van der Waals surface area (Å²) in [6.07, 6.45) is 0.478. The number of hydrogen-bond donors (Lipinski definition) is 1. The maximum Gasteiger partial charge on any atom is 0.129 e. The molecule has 2 rings (SSSR count). The average molecular weight is 247 g/mol. The molecular weight excluding hydrogens is 232 g/mol. The predicted octanol–water partition coefficient (Wildman–Crippen LogP) is 3.28. The van der Waals surface area contributed by atoms with E-state index in [0.29, 0.717) is 12.0 Å². The minimum Gasteiger partial charge on any atom is -0.316 e. The summed E-state index contributed by atoms with van der Waals surface area (Å²) in [5, 5.41) is 3.07. The molecule has 0 bridgehead atoms. The molecule has 0 aliphatic carbocycles. The summed E-state index contributed by atoms with van der Waals surface area (Å²) in [5.74, 6) is -1.03. The number of rotatable bonds is 4. The standard InChI is InChI=1S/C15H15F2N/c1-18-10-12-4-2-11(3-5-12)8-13-6-7-14(16)9-15(13)17/h2-7,9,18H,8,10H2,1H3. The molecule has 3 heteroatoms. The summed E-state index contributed by atoms with van der Waals surface area (Å²) in [5.41, 5.74) is 2.71. The van der Waals surface area contributed by atoms with E-state index in [4.69, 9.17) is 0 Å². The topological polar surface area (TPSA) is 12.0 Å². The molecule has 0 fully saturated rings. The molecule has 0 heterocycles. The van der Waals surface area contributed by atoms with E-state index in [1.165, 1.54) is 17.7 Å². The van der Waals surface area contributed by atoms with Crippen LogP contribution in [-0.2, 0) is 13.0 Å². The third-order valence-electron chi connectivity index (χ3n) is 2.81. The predicted molar refractivity (Wildman–Crippen MR) is 68.4 cm³/mol. The van der Waals surface area contributed by atoms with Crippen molar-refractivity contribution in [3.63, 3.8) is 0 Å². The fourth-order valence-corrected chi connectivity index (χ4v) is 1.86. The van der Waals surface area contributed by atoms with Crippen LogP contribution in [0.2, 0.25) is 0 Å². The molecule has 0 saturated carbocycles. The number of hydrogen-bond acceptors (Lipinski definition) is 1. The highest BCUT2D eigenvalue weighted by Crippen LogP contribution is 2.15. The molecule has 0 saturated heterocycles. The SMILES string of the molecule is CNCc1ccc(Cc2ccc(F)cc2F)cc1. The van der Waals surface area contributed by atoms with Gasteiger partial charge in [-0.3, -0.25) is 0 Å². The van der Waals surface area contributed by atoms with Gasteiger partial charge in [0.1, 0.15) is 11.6 Å². The van der Waals surface area contributed by atoms with Gasteiger partial charge >= 0.3 is 0 Å². The Balaban J connectivity index is 2.13. The van der Waals surface area contributed by atoms with Crippen molar-refractivity contribution in [2.45, 2.75) is 13.0 Å². The zero-order valence-corrected chi connectivity index (χ0v) is 10.2. The summed E-state index contributed by atoms with van der Waals surface area (Å²) in [7, 11) is 1.89. The summed E-state index contributed by atoms with van der Waals surface area (Å²) < 4.78 is 26.3. The number of nitrogens with one attached hydrogen (secondary N) is 1. The third-order valence-corrected chi connectivity index (χ3v) is 2.81. The first-order chi connectivity index (χ1) is 8.69. The van der Waals surface area contributed by atoms with Gasteiger partial charge in [0, 0.05) is 19.0 Å². The molecule has 0 aliphatic heterocycles. The summed E-state index contributed by atoms with van der Waals surface area (Å²) >= 11 is 0. The van der Waals surface area contributed by atoms with E-state index in [0.717, 1.165) is 18.2 Å². The van der Waals surface area contributed by atoms with E-state index < -0.39 is 11.6 Å². The lowest BCUT2D eigenvalue weighted by atomic mass is 10.0. The van der Waals surface area contributed by atoms with E-state index in [1.807, 2.05) is 31.3 Å². The van der Waals surface area contributed by atoms with E-state index >= 15 is 0 Å². The molecule has 1 N–H and O–H groups in total. The highest BCUT2D eigenvalue weighted by atomic mass is 19.1. The first kappa shape index (κ1) is 12.7. The van der Waals surface area contributed by atoms with Gasteiger partial charge < -0.3 is 5.32 Å².